The van der Waals surface area contributed by atoms with Gasteiger partial charge in [0.05, 0.1) is 30.5 Å². The number of benzene rings is 2. The van der Waals surface area contributed by atoms with Gasteiger partial charge in [0.2, 0.25) is 5.91 Å². The van der Waals surface area contributed by atoms with Gasteiger partial charge in [-0.15, -0.1) is 0 Å². The van der Waals surface area contributed by atoms with Crippen molar-refractivity contribution in [1.29, 1.82) is 0 Å². The molecule has 2 aromatic carbocycles. The highest BCUT2D eigenvalue weighted by atomic mass is 19.4. The van der Waals surface area contributed by atoms with Crippen molar-refractivity contribution in [1.82, 2.24) is 9.78 Å². The SMILES string of the molecule is COc1ccc(CC(=O)Nc2cc(C(F)(F)F)ccc2-n2cccn2)cc1F. The quantitative estimate of drug-likeness (QED) is 0.661. The Kier molecular flexibility index (Phi) is 5.34. The molecule has 0 aliphatic carbocycles. The van der Waals surface area contributed by atoms with Crippen molar-refractivity contribution in [2.45, 2.75) is 12.6 Å². The number of hydrogen-bond donors (Lipinski definition) is 1. The third-order valence-corrected chi connectivity index (χ3v) is 3.93. The second-order valence-corrected chi connectivity index (χ2v) is 5.87. The van der Waals surface area contributed by atoms with E-state index in [-0.39, 0.29) is 23.5 Å². The van der Waals surface area contributed by atoms with E-state index in [9.17, 15) is 22.4 Å². The number of nitrogens with one attached hydrogen (secondary N) is 1. The number of amides is 1. The van der Waals surface area contributed by atoms with E-state index in [0.29, 0.717) is 5.56 Å². The molecule has 0 bridgehead atoms. The monoisotopic (exact) mass is 393 g/mol. The molecule has 146 valence electrons. The highest BCUT2D eigenvalue weighted by Crippen LogP contribution is 2.33. The van der Waals surface area contributed by atoms with E-state index in [1.807, 2.05) is 0 Å². The van der Waals surface area contributed by atoms with E-state index < -0.39 is 23.5 Å². The molecule has 0 radical (unpaired) electrons. The number of alkyl halides is 3. The minimum Gasteiger partial charge on any atom is -0.494 e. The smallest absolute Gasteiger partial charge is 0.416 e. The molecule has 1 heterocycles. The van der Waals surface area contributed by atoms with Gasteiger partial charge in [-0.1, -0.05) is 6.07 Å². The van der Waals surface area contributed by atoms with Crippen LogP contribution < -0.4 is 10.1 Å². The van der Waals surface area contributed by atoms with Crippen LogP contribution in [0.1, 0.15) is 11.1 Å². The first-order valence-electron chi connectivity index (χ1n) is 8.11. The number of carbonyl (C=O) groups is 1. The number of aromatic nitrogens is 2. The molecule has 0 fully saturated rings. The Morgan fingerprint density at radius 1 is 1.21 bits per heavy atom. The largest absolute Gasteiger partial charge is 0.494 e. The molecule has 0 saturated heterocycles. The third kappa shape index (κ3) is 4.30. The predicted octanol–water partition coefficient (Wildman–Crippen LogP) is 4.22. The molecule has 1 amide bonds. The van der Waals surface area contributed by atoms with Gasteiger partial charge in [0.15, 0.2) is 11.6 Å². The number of nitrogens with zero attached hydrogens (tertiary/aromatic N) is 2. The summed E-state index contributed by atoms with van der Waals surface area (Å²) in [7, 11) is 1.31. The Labute approximate surface area is 157 Å². The second kappa shape index (κ2) is 7.71. The summed E-state index contributed by atoms with van der Waals surface area (Å²) in [6.07, 6.45) is -1.79. The van der Waals surface area contributed by atoms with Crippen LogP contribution in [0, 0.1) is 5.82 Å². The minimum atomic E-state index is -4.57. The lowest BCUT2D eigenvalue weighted by atomic mass is 10.1. The lowest BCUT2D eigenvalue weighted by Gasteiger charge is -2.15. The molecule has 1 aromatic heterocycles. The zero-order chi connectivity index (χ0) is 20.3. The molecule has 0 saturated carbocycles. The summed E-state index contributed by atoms with van der Waals surface area (Å²) in [6.45, 7) is 0. The summed E-state index contributed by atoms with van der Waals surface area (Å²) < 4.78 is 59.1. The Hall–Kier alpha value is -3.36. The van der Waals surface area contributed by atoms with Gasteiger partial charge in [0.25, 0.3) is 0 Å². The molecule has 0 unspecified atom stereocenters. The molecular formula is C19H15F4N3O2. The van der Waals surface area contributed by atoms with Crippen LogP contribution in [-0.2, 0) is 17.4 Å². The number of hydrogen-bond acceptors (Lipinski definition) is 3. The topological polar surface area (TPSA) is 56.1 Å². The fraction of sp³-hybridized carbons (Fsp3) is 0.158. The highest BCUT2D eigenvalue weighted by Gasteiger charge is 2.31. The van der Waals surface area contributed by atoms with E-state index >= 15 is 0 Å². The number of rotatable bonds is 5. The van der Waals surface area contributed by atoms with Crippen LogP contribution in [0.3, 0.4) is 0 Å². The fourth-order valence-electron chi connectivity index (χ4n) is 2.62. The first-order chi connectivity index (χ1) is 13.3. The Bertz CT molecular complexity index is 985. The van der Waals surface area contributed by atoms with Crippen molar-refractivity contribution in [3.05, 3.63) is 71.8 Å². The molecule has 0 spiro atoms. The molecule has 3 aromatic rings. The van der Waals surface area contributed by atoms with Crippen LogP contribution >= 0.6 is 0 Å². The standard InChI is InChI=1S/C19H15F4N3O2/c1-28-17-6-3-12(9-14(17)20)10-18(27)25-15-11-13(19(21,22)23)4-5-16(15)26-8-2-7-24-26/h2-9,11H,10H2,1H3,(H,25,27). The molecule has 3 rings (SSSR count). The Morgan fingerprint density at radius 2 is 2.00 bits per heavy atom. The number of ether oxygens (including phenoxy) is 1. The van der Waals surface area contributed by atoms with Crippen LogP contribution in [0.2, 0.25) is 0 Å². The van der Waals surface area contributed by atoms with Crippen LogP contribution in [0.4, 0.5) is 23.2 Å². The van der Waals surface area contributed by atoms with Crippen molar-refractivity contribution in [2.24, 2.45) is 0 Å². The van der Waals surface area contributed by atoms with E-state index in [4.69, 9.17) is 4.74 Å². The first-order valence-corrected chi connectivity index (χ1v) is 8.11. The molecule has 28 heavy (non-hydrogen) atoms. The highest BCUT2D eigenvalue weighted by molar-refractivity contribution is 5.94. The average molecular weight is 393 g/mol. The van der Waals surface area contributed by atoms with E-state index in [0.717, 1.165) is 18.2 Å². The van der Waals surface area contributed by atoms with E-state index in [2.05, 4.69) is 10.4 Å². The maximum absolute atomic E-state index is 13.8. The number of anilines is 1. The van der Waals surface area contributed by atoms with Gasteiger partial charge >= 0.3 is 6.18 Å². The predicted molar refractivity (Wildman–Crippen MR) is 93.9 cm³/mol. The molecule has 9 heteroatoms. The van der Waals surface area contributed by atoms with Gasteiger partial charge in [-0.05, 0) is 42.0 Å². The zero-order valence-electron chi connectivity index (χ0n) is 14.6. The maximum atomic E-state index is 13.8. The van der Waals surface area contributed by atoms with Gasteiger partial charge in [0, 0.05) is 12.4 Å². The first kappa shape index (κ1) is 19.4. The van der Waals surface area contributed by atoms with Gasteiger partial charge in [0.1, 0.15) is 0 Å². The van der Waals surface area contributed by atoms with Crippen molar-refractivity contribution in [3.8, 4) is 11.4 Å². The molecule has 5 nitrogen and oxygen atoms in total. The molecule has 0 aliphatic heterocycles. The van der Waals surface area contributed by atoms with E-state index in [1.165, 1.54) is 42.4 Å². The van der Waals surface area contributed by atoms with Crippen molar-refractivity contribution in [3.63, 3.8) is 0 Å². The Balaban J connectivity index is 1.87. The van der Waals surface area contributed by atoms with Gasteiger partial charge in [-0.25, -0.2) is 9.07 Å². The van der Waals surface area contributed by atoms with Crippen molar-refractivity contribution in [2.75, 3.05) is 12.4 Å². The van der Waals surface area contributed by atoms with Gasteiger partial charge in [-0.2, -0.15) is 18.3 Å². The number of halogens is 4. The molecule has 0 aliphatic rings. The Morgan fingerprint density at radius 3 is 2.61 bits per heavy atom. The van der Waals surface area contributed by atoms with Gasteiger partial charge in [-0.3, -0.25) is 4.79 Å². The van der Waals surface area contributed by atoms with Gasteiger partial charge < -0.3 is 10.1 Å². The summed E-state index contributed by atoms with van der Waals surface area (Å²) in [5, 5.41) is 6.44. The lowest BCUT2D eigenvalue weighted by Crippen LogP contribution is -2.17. The van der Waals surface area contributed by atoms with E-state index in [1.54, 1.807) is 6.07 Å². The zero-order valence-corrected chi connectivity index (χ0v) is 14.6. The maximum Gasteiger partial charge on any atom is 0.416 e. The van der Waals surface area contributed by atoms with Crippen LogP contribution in [-0.4, -0.2) is 22.8 Å². The second-order valence-electron chi connectivity index (χ2n) is 5.87. The minimum absolute atomic E-state index is 0.0306. The number of methoxy groups -OCH3 is 1. The summed E-state index contributed by atoms with van der Waals surface area (Å²) in [4.78, 5) is 12.4. The third-order valence-electron chi connectivity index (χ3n) is 3.93. The summed E-state index contributed by atoms with van der Waals surface area (Å²) in [6, 6.07) is 8.58. The lowest BCUT2D eigenvalue weighted by molar-refractivity contribution is -0.137. The summed E-state index contributed by atoms with van der Waals surface area (Å²) in [5.41, 5.74) is -0.345. The van der Waals surface area contributed by atoms with Crippen molar-refractivity contribution < 1.29 is 27.1 Å². The molecular weight excluding hydrogens is 378 g/mol. The van der Waals surface area contributed by atoms with Crippen LogP contribution in [0.15, 0.2) is 54.9 Å². The summed E-state index contributed by atoms with van der Waals surface area (Å²) in [5.74, 6) is -1.20. The molecule has 0 atom stereocenters. The normalized spacial score (nSPS) is 11.3. The number of carbonyl (C=O) groups excluding carboxylic acids is 1. The average Bonchev–Trinajstić information content (AvgIpc) is 3.15. The summed E-state index contributed by atoms with van der Waals surface area (Å²) >= 11 is 0. The van der Waals surface area contributed by atoms with Crippen LogP contribution in [0.5, 0.6) is 5.75 Å². The molecule has 1 N–H and O–H groups in total. The fourth-order valence-corrected chi connectivity index (χ4v) is 2.62. The van der Waals surface area contributed by atoms with Crippen LogP contribution in [0.25, 0.3) is 5.69 Å². The van der Waals surface area contributed by atoms with Crippen molar-refractivity contribution >= 4 is 11.6 Å².